The van der Waals surface area contributed by atoms with Gasteiger partial charge in [-0.25, -0.2) is 0 Å². The zero-order valence-electron chi connectivity index (χ0n) is 4.44. The lowest BCUT2D eigenvalue weighted by molar-refractivity contribution is 1.06. The summed E-state index contributed by atoms with van der Waals surface area (Å²) in [5, 5.41) is 0. The molecule has 0 amide bonds. The van der Waals surface area contributed by atoms with Crippen molar-refractivity contribution in [3.8, 4) is 0 Å². The van der Waals surface area contributed by atoms with E-state index < -0.39 is 0 Å². The molecule has 31 valence electrons. The number of rotatable bonds is 2. The van der Waals surface area contributed by atoms with E-state index >= 15 is 0 Å². The number of hydrogen-bond donors (Lipinski definition) is 0. The highest BCUT2D eigenvalue weighted by molar-refractivity contribution is 6.37. The van der Waals surface area contributed by atoms with E-state index in [4.69, 9.17) is 7.85 Å². The zero-order valence-corrected chi connectivity index (χ0v) is 4.44. The van der Waals surface area contributed by atoms with E-state index in [-0.39, 0.29) is 0 Å². The molecule has 0 saturated carbocycles. The summed E-state index contributed by atoms with van der Waals surface area (Å²) in [7, 11) is 7.35. The van der Waals surface area contributed by atoms with Crippen LogP contribution in [0.3, 0.4) is 0 Å². The van der Waals surface area contributed by atoms with Crippen LogP contribution in [0, 0.1) is 0 Å². The molecule has 0 fully saturated rings. The molecular weight excluding hydrogens is 69.7 g/mol. The highest BCUT2D eigenvalue weighted by Gasteiger charge is 1.90. The Kier molecular flexibility index (Phi) is 3.40. The van der Waals surface area contributed by atoms with Crippen molar-refractivity contribution in [3.63, 3.8) is 0 Å². The molecule has 0 rings (SSSR count). The second-order valence-electron chi connectivity index (χ2n) is 1.55. The molecule has 0 aromatic rings. The van der Waals surface area contributed by atoms with Gasteiger partial charge in [0.25, 0.3) is 0 Å². The fourth-order valence-corrected chi connectivity index (χ4v) is 0.136. The molecule has 1 atom stereocenters. The van der Waals surface area contributed by atoms with Gasteiger partial charge in [0, 0.05) is 0 Å². The fraction of sp³-hybridized carbons (Fsp3) is 1.00. The summed E-state index contributed by atoms with van der Waals surface area (Å²) in [5.74, 6) is 0.588. The minimum absolute atomic E-state index is 0.588. The topological polar surface area (TPSA) is 0 Å². The fourth-order valence-electron chi connectivity index (χ4n) is 0.136. The van der Waals surface area contributed by atoms with E-state index in [0.29, 0.717) is 5.82 Å². The summed E-state index contributed by atoms with van der Waals surface area (Å²) in [4.78, 5) is 0. The van der Waals surface area contributed by atoms with Crippen LogP contribution in [0.25, 0.3) is 0 Å². The van der Waals surface area contributed by atoms with Crippen molar-refractivity contribution in [2.24, 2.45) is 0 Å². The van der Waals surface area contributed by atoms with Gasteiger partial charge in [-0.15, -0.1) is 0 Å². The molecule has 0 aromatic carbocycles. The second kappa shape index (κ2) is 3.32. The van der Waals surface area contributed by atoms with Crippen molar-refractivity contribution in [1.82, 2.24) is 0 Å². The first-order chi connectivity index (χ1) is 2.81. The maximum Gasteiger partial charge on any atom is 0.108 e. The van der Waals surface area contributed by atoms with E-state index in [0.717, 1.165) is 6.32 Å². The van der Waals surface area contributed by atoms with E-state index in [1.54, 1.807) is 0 Å². The van der Waals surface area contributed by atoms with Crippen molar-refractivity contribution in [2.75, 3.05) is 0 Å². The highest BCUT2D eigenvalue weighted by Crippen LogP contribution is 2.02. The van der Waals surface area contributed by atoms with Gasteiger partial charge in [0.05, 0.1) is 7.85 Å². The average molecular weight is 78.7 g/mol. The number of hydrogen-bond acceptors (Lipinski definition) is 0. The van der Waals surface area contributed by atoms with E-state index in [1.807, 2.05) is 6.82 Å². The maximum absolute atomic E-state index is 5.25. The average Bonchev–Trinajstić information content (AvgIpc) is 1.65. The molecule has 0 spiro atoms. The molecule has 3 radical (unpaired) electrons. The van der Waals surface area contributed by atoms with E-state index in [9.17, 15) is 0 Å². The van der Waals surface area contributed by atoms with Gasteiger partial charge >= 0.3 is 0 Å². The largest absolute Gasteiger partial charge is 0.108 e. The first-order valence-electron chi connectivity index (χ1n) is 2.30. The normalized spacial score (nSPS) is 13.7. The van der Waals surface area contributed by atoms with Gasteiger partial charge in [0.2, 0.25) is 0 Å². The molecule has 0 saturated heterocycles. The third-order valence-corrected chi connectivity index (χ3v) is 0.941. The SMILES string of the molecule is [B]CC(C)[B]C. The Balaban J connectivity index is 2.75. The first-order valence-corrected chi connectivity index (χ1v) is 2.30. The zero-order chi connectivity index (χ0) is 4.99. The van der Waals surface area contributed by atoms with Crippen molar-refractivity contribution in [2.45, 2.75) is 25.9 Å². The van der Waals surface area contributed by atoms with Gasteiger partial charge in [-0.3, -0.25) is 0 Å². The molecule has 0 aliphatic rings. The van der Waals surface area contributed by atoms with Crippen LogP contribution in [-0.4, -0.2) is 15.1 Å². The first kappa shape index (κ1) is 6.13. The Labute approximate surface area is 42.0 Å². The van der Waals surface area contributed by atoms with Gasteiger partial charge in [-0.05, 0) is 0 Å². The quantitative estimate of drug-likeness (QED) is 0.435. The summed E-state index contributed by atoms with van der Waals surface area (Å²) in [5.41, 5.74) is 0. The van der Waals surface area contributed by atoms with Crippen LogP contribution in [0.5, 0.6) is 0 Å². The third kappa shape index (κ3) is 2.37. The Hall–Kier alpha value is 0.130. The van der Waals surface area contributed by atoms with Crippen LogP contribution < -0.4 is 0 Å². The molecule has 2 heteroatoms. The predicted molar refractivity (Wildman–Crippen MR) is 31.6 cm³/mol. The smallest absolute Gasteiger partial charge is 0.0931 e. The third-order valence-electron chi connectivity index (χ3n) is 0.941. The molecule has 0 aliphatic carbocycles. The Morgan fingerprint density at radius 3 is 2.33 bits per heavy atom. The lowest BCUT2D eigenvalue weighted by Gasteiger charge is -1.97. The second-order valence-corrected chi connectivity index (χ2v) is 1.55. The molecule has 0 nitrogen and oxygen atoms in total. The molecule has 0 N–H and O–H groups in total. The van der Waals surface area contributed by atoms with Gasteiger partial charge in [-0.1, -0.05) is 25.9 Å². The lowest BCUT2D eigenvalue weighted by atomic mass is 9.63. The minimum Gasteiger partial charge on any atom is -0.0931 e. The molecule has 1 unspecified atom stereocenters. The van der Waals surface area contributed by atoms with Crippen molar-refractivity contribution >= 4 is 15.1 Å². The summed E-state index contributed by atoms with van der Waals surface area (Å²) in [6.45, 7) is 4.12. The standard InChI is InChI=1S/C4H9B2/c1-4(3-5)6-2/h4H,3H2,1-2H3. The van der Waals surface area contributed by atoms with Crippen molar-refractivity contribution in [3.05, 3.63) is 0 Å². The van der Waals surface area contributed by atoms with Gasteiger partial charge in [-0.2, -0.15) is 0 Å². The predicted octanol–water partition coefficient (Wildman–Crippen LogP) is 1.13. The Bertz CT molecular complexity index is 24.7. The lowest BCUT2D eigenvalue weighted by Crippen LogP contribution is -1.90. The Morgan fingerprint density at radius 1 is 1.83 bits per heavy atom. The van der Waals surface area contributed by atoms with E-state index in [1.165, 1.54) is 0 Å². The molecule has 0 bridgehead atoms. The van der Waals surface area contributed by atoms with Crippen molar-refractivity contribution in [1.29, 1.82) is 0 Å². The van der Waals surface area contributed by atoms with Crippen LogP contribution in [0.2, 0.25) is 19.0 Å². The van der Waals surface area contributed by atoms with Crippen molar-refractivity contribution < 1.29 is 0 Å². The van der Waals surface area contributed by atoms with Gasteiger partial charge < -0.3 is 0 Å². The van der Waals surface area contributed by atoms with E-state index in [2.05, 4.69) is 14.2 Å². The molecule has 0 aromatic heterocycles. The molecule has 6 heavy (non-hydrogen) atoms. The summed E-state index contributed by atoms with van der Waals surface area (Å²) in [6, 6.07) is 0. The van der Waals surface area contributed by atoms with Gasteiger partial charge in [0.15, 0.2) is 0 Å². The van der Waals surface area contributed by atoms with Crippen LogP contribution in [0.15, 0.2) is 0 Å². The van der Waals surface area contributed by atoms with Gasteiger partial charge in [0.1, 0.15) is 7.28 Å². The summed E-state index contributed by atoms with van der Waals surface area (Å²) in [6.07, 6.45) is 0.774. The van der Waals surface area contributed by atoms with Crippen LogP contribution in [-0.2, 0) is 0 Å². The van der Waals surface area contributed by atoms with Crippen LogP contribution in [0.4, 0.5) is 0 Å². The summed E-state index contributed by atoms with van der Waals surface area (Å²) < 4.78 is 0. The Morgan fingerprint density at radius 2 is 2.33 bits per heavy atom. The molecular formula is C4H9B2. The molecule has 0 heterocycles. The van der Waals surface area contributed by atoms with Crippen LogP contribution >= 0.6 is 0 Å². The minimum atomic E-state index is 0.588. The van der Waals surface area contributed by atoms with Crippen LogP contribution in [0.1, 0.15) is 6.92 Å². The highest BCUT2D eigenvalue weighted by atomic mass is 13.7. The monoisotopic (exact) mass is 79.1 g/mol. The summed E-state index contributed by atoms with van der Waals surface area (Å²) >= 11 is 0. The molecule has 0 aliphatic heterocycles. The maximum atomic E-state index is 5.25.